The zero-order valence-corrected chi connectivity index (χ0v) is 15.8. The number of hydrogen-bond donors (Lipinski definition) is 0. The number of benzene rings is 1. The maximum atomic E-state index is 12.8. The molecule has 0 fully saturated rings. The highest BCUT2D eigenvalue weighted by Crippen LogP contribution is 2.29. The number of Topliss-reactive ketones (excluding diaryl/α,β-unsaturated/α-hetero) is 1. The molecule has 0 unspecified atom stereocenters. The lowest BCUT2D eigenvalue weighted by molar-refractivity contribution is 0.0993. The fourth-order valence-corrected chi connectivity index (χ4v) is 3.58. The van der Waals surface area contributed by atoms with E-state index in [-0.39, 0.29) is 11.0 Å². The summed E-state index contributed by atoms with van der Waals surface area (Å²) in [5, 5.41) is 8.97. The number of hydrogen-bond acceptors (Lipinski definition) is 5. The molecule has 25 heavy (non-hydrogen) atoms. The van der Waals surface area contributed by atoms with Crippen LogP contribution < -0.4 is 0 Å². The molecule has 2 aromatic heterocycles. The number of nitrogens with zero attached hydrogens (tertiary/aromatic N) is 3. The first-order chi connectivity index (χ1) is 11.9. The molecule has 1 aromatic carbocycles. The average Bonchev–Trinajstić information content (AvgIpc) is 3.15. The molecule has 0 amide bonds. The minimum Gasteiger partial charge on any atom is -0.469 e. The van der Waals surface area contributed by atoms with Gasteiger partial charge < -0.3 is 8.98 Å². The minimum atomic E-state index is -0.248. The van der Waals surface area contributed by atoms with Crippen LogP contribution in [0.2, 0.25) is 0 Å². The van der Waals surface area contributed by atoms with E-state index in [0.717, 1.165) is 33.8 Å². The Balaban J connectivity index is 1.83. The number of furan rings is 1. The number of aromatic nitrogens is 3. The molecule has 2 heterocycles. The molecular weight excluding hydrogens is 334 g/mol. The molecule has 5 nitrogen and oxygen atoms in total. The third kappa shape index (κ3) is 3.39. The summed E-state index contributed by atoms with van der Waals surface area (Å²) in [6, 6.07) is 7.83. The SMILES string of the molecule is Cc1ccc(C)c(C(=O)[C@@H](C)Sc2nnc(-c3ccoc3C)n2C)c1. The Labute approximate surface area is 151 Å². The number of thioether (sulfide) groups is 1. The van der Waals surface area contributed by atoms with Gasteiger partial charge in [0.05, 0.1) is 17.1 Å². The zero-order chi connectivity index (χ0) is 18.1. The van der Waals surface area contributed by atoms with Crippen molar-refractivity contribution in [2.24, 2.45) is 7.05 Å². The van der Waals surface area contributed by atoms with Crippen molar-refractivity contribution < 1.29 is 9.21 Å². The van der Waals surface area contributed by atoms with Gasteiger partial charge >= 0.3 is 0 Å². The van der Waals surface area contributed by atoms with E-state index < -0.39 is 0 Å². The first kappa shape index (κ1) is 17.5. The van der Waals surface area contributed by atoms with Crippen LogP contribution in [0.4, 0.5) is 0 Å². The summed E-state index contributed by atoms with van der Waals surface area (Å²) < 4.78 is 7.24. The van der Waals surface area contributed by atoms with Crippen molar-refractivity contribution in [2.45, 2.75) is 38.1 Å². The fourth-order valence-electron chi connectivity index (χ4n) is 2.70. The Bertz CT molecular complexity index is 927. The Morgan fingerprint density at radius 1 is 1.20 bits per heavy atom. The second-order valence-electron chi connectivity index (χ2n) is 6.20. The van der Waals surface area contributed by atoms with Crippen molar-refractivity contribution in [3.05, 3.63) is 53.0 Å². The average molecular weight is 355 g/mol. The largest absolute Gasteiger partial charge is 0.469 e. The molecule has 0 bridgehead atoms. The Morgan fingerprint density at radius 2 is 1.96 bits per heavy atom. The predicted molar refractivity (Wildman–Crippen MR) is 99.0 cm³/mol. The second kappa shape index (κ2) is 6.88. The lowest BCUT2D eigenvalue weighted by atomic mass is 10.0. The monoisotopic (exact) mass is 355 g/mol. The lowest BCUT2D eigenvalue weighted by Crippen LogP contribution is -2.16. The van der Waals surface area contributed by atoms with Gasteiger partial charge in [-0.15, -0.1) is 10.2 Å². The van der Waals surface area contributed by atoms with Crippen molar-refractivity contribution in [2.75, 3.05) is 0 Å². The van der Waals surface area contributed by atoms with Gasteiger partial charge in [0.15, 0.2) is 16.8 Å². The van der Waals surface area contributed by atoms with Gasteiger partial charge in [-0.3, -0.25) is 4.79 Å². The van der Waals surface area contributed by atoms with Crippen LogP contribution in [0.15, 0.2) is 40.1 Å². The van der Waals surface area contributed by atoms with E-state index in [1.54, 1.807) is 6.26 Å². The number of rotatable bonds is 5. The van der Waals surface area contributed by atoms with Crippen molar-refractivity contribution in [3.8, 4) is 11.4 Å². The topological polar surface area (TPSA) is 60.9 Å². The summed E-state index contributed by atoms with van der Waals surface area (Å²) in [6.07, 6.45) is 1.64. The highest BCUT2D eigenvalue weighted by molar-refractivity contribution is 8.00. The quantitative estimate of drug-likeness (QED) is 0.502. The molecule has 0 aliphatic rings. The Morgan fingerprint density at radius 3 is 2.64 bits per heavy atom. The van der Waals surface area contributed by atoms with Gasteiger partial charge in [0.1, 0.15) is 5.76 Å². The van der Waals surface area contributed by atoms with E-state index in [0.29, 0.717) is 5.16 Å². The van der Waals surface area contributed by atoms with Crippen molar-refractivity contribution in [1.29, 1.82) is 0 Å². The van der Waals surface area contributed by atoms with Crippen LogP contribution in [0.5, 0.6) is 0 Å². The minimum absolute atomic E-state index is 0.107. The number of aryl methyl sites for hydroxylation is 3. The highest BCUT2D eigenvalue weighted by atomic mass is 32.2. The van der Waals surface area contributed by atoms with Gasteiger partial charge in [-0.25, -0.2) is 0 Å². The molecule has 0 aliphatic carbocycles. The molecule has 0 N–H and O–H groups in total. The van der Waals surface area contributed by atoms with Crippen LogP contribution in [-0.4, -0.2) is 25.8 Å². The van der Waals surface area contributed by atoms with Crippen molar-refractivity contribution in [3.63, 3.8) is 0 Å². The van der Waals surface area contributed by atoms with E-state index in [1.165, 1.54) is 11.8 Å². The maximum absolute atomic E-state index is 12.8. The molecule has 0 aliphatic heterocycles. The maximum Gasteiger partial charge on any atom is 0.191 e. The first-order valence-corrected chi connectivity index (χ1v) is 8.98. The standard InChI is InChI=1S/C19H21N3O2S/c1-11-6-7-12(2)16(10-11)17(23)14(4)25-19-21-20-18(22(19)5)15-8-9-24-13(15)3/h6-10,14H,1-5H3/t14-/m1/s1. The summed E-state index contributed by atoms with van der Waals surface area (Å²) in [7, 11) is 1.90. The van der Waals surface area contributed by atoms with Gasteiger partial charge in [0, 0.05) is 12.6 Å². The van der Waals surface area contributed by atoms with Crippen LogP contribution >= 0.6 is 11.8 Å². The normalized spacial score (nSPS) is 12.4. The second-order valence-corrected chi connectivity index (χ2v) is 7.51. The van der Waals surface area contributed by atoms with Gasteiger partial charge in [-0.2, -0.15) is 0 Å². The summed E-state index contributed by atoms with van der Waals surface area (Å²) in [4.78, 5) is 12.8. The van der Waals surface area contributed by atoms with Crippen LogP contribution in [0, 0.1) is 20.8 Å². The van der Waals surface area contributed by atoms with E-state index in [1.807, 2.05) is 63.6 Å². The summed E-state index contributed by atoms with van der Waals surface area (Å²) in [6.45, 7) is 7.76. The third-order valence-electron chi connectivity index (χ3n) is 4.24. The van der Waals surface area contributed by atoms with Crippen LogP contribution in [0.3, 0.4) is 0 Å². The van der Waals surface area contributed by atoms with E-state index in [2.05, 4.69) is 10.2 Å². The number of carbonyl (C=O) groups is 1. The summed E-state index contributed by atoms with van der Waals surface area (Å²) >= 11 is 1.42. The molecule has 1 atom stereocenters. The molecular formula is C19H21N3O2S. The van der Waals surface area contributed by atoms with Crippen LogP contribution in [0.25, 0.3) is 11.4 Å². The highest BCUT2D eigenvalue weighted by Gasteiger charge is 2.22. The molecule has 6 heteroatoms. The summed E-state index contributed by atoms with van der Waals surface area (Å²) in [5.41, 5.74) is 3.77. The molecule has 0 saturated carbocycles. The fraction of sp³-hybridized carbons (Fsp3) is 0.316. The molecule has 0 saturated heterocycles. The Kier molecular flexibility index (Phi) is 4.81. The van der Waals surface area contributed by atoms with Gasteiger partial charge in [-0.05, 0) is 45.4 Å². The molecule has 130 valence electrons. The van der Waals surface area contributed by atoms with Crippen molar-refractivity contribution in [1.82, 2.24) is 14.8 Å². The van der Waals surface area contributed by atoms with Crippen molar-refractivity contribution >= 4 is 17.5 Å². The molecule has 3 aromatic rings. The van der Waals surface area contributed by atoms with Gasteiger partial charge in [0.2, 0.25) is 0 Å². The van der Waals surface area contributed by atoms with Gasteiger partial charge in [0.25, 0.3) is 0 Å². The van der Waals surface area contributed by atoms with E-state index in [4.69, 9.17) is 4.42 Å². The third-order valence-corrected chi connectivity index (χ3v) is 5.38. The van der Waals surface area contributed by atoms with E-state index >= 15 is 0 Å². The summed E-state index contributed by atoms with van der Waals surface area (Å²) in [5.74, 6) is 1.64. The predicted octanol–water partition coefficient (Wildman–Crippen LogP) is 4.36. The lowest BCUT2D eigenvalue weighted by Gasteiger charge is -2.12. The van der Waals surface area contributed by atoms with Crippen LogP contribution in [-0.2, 0) is 7.05 Å². The van der Waals surface area contributed by atoms with Gasteiger partial charge in [-0.1, -0.05) is 29.5 Å². The Hall–Kier alpha value is -2.34. The number of ketones is 1. The van der Waals surface area contributed by atoms with E-state index in [9.17, 15) is 4.79 Å². The zero-order valence-electron chi connectivity index (χ0n) is 15.0. The molecule has 0 spiro atoms. The molecule has 0 radical (unpaired) electrons. The number of carbonyl (C=O) groups excluding carboxylic acids is 1. The first-order valence-electron chi connectivity index (χ1n) is 8.10. The molecule has 3 rings (SSSR count). The van der Waals surface area contributed by atoms with Crippen LogP contribution in [0.1, 0.15) is 34.2 Å². The smallest absolute Gasteiger partial charge is 0.191 e.